The van der Waals surface area contributed by atoms with Crippen molar-refractivity contribution in [2.24, 2.45) is 5.92 Å². The normalized spacial score (nSPS) is 15.3. The molecular formula is C18H21BrN4O. The van der Waals surface area contributed by atoms with E-state index in [1.807, 2.05) is 36.4 Å². The molecule has 1 saturated heterocycles. The third-order valence-electron chi connectivity index (χ3n) is 4.33. The fourth-order valence-electron chi connectivity index (χ4n) is 2.80. The van der Waals surface area contributed by atoms with Crippen LogP contribution < -0.4 is 10.2 Å². The molecule has 1 aromatic heterocycles. The van der Waals surface area contributed by atoms with Crippen molar-refractivity contribution < 1.29 is 4.79 Å². The van der Waals surface area contributed by atoms with E-state index in [4.69, 9.17) is 0 Å². The van der Waals surface area contributed by atoms with Gasteiger partial charge in [-0.25, -0.2) is 0 Å². The van der Waals surface area contributed by atoms with Gasteiger partial charge in [0.15, 0.2) is 11.6 Å². The number of piperidine rings is 1. The summed E-state index contributed by atoms with van der Waals surface area (Å²) in [5.74, 6) is 2.05. The SMILES string of the molecule is CC1CCN(c2ccc(NC(=O)Cc3ccccc3Br)nn2)CC1. The molecule has 24 heavy (non-hydrogen) atoms. The topological polar surface area (TPSA) is 58.1 Å². The van der Waals surface area contributed by atoms with Gasteiger partial charge in [0.1, 0.15) is 0 Å². The second-order valence-electron chi connectivity index (χ2n) is 6.26. The van der Waals surface area contributed by atoms with Gasteiger partial charge in [0, 0.05) is 17.6 Å². The van der Waals surface area contributed by atoms with E-state index in [2.05, 4.69) is 43.3 Å². The highest BCUT2D eigenvalue weighted by atomic mass is 79.9. The minimum absolute atomic E-state index is 0.101. The largest absolute Gasteiger partial charge is 0.355 e. The zero-order chi connectivity index (χ0) is 16.9. The number of nitrogens with zero attached hydrogens (tertiary/aromatic N) is 3. The Morgan fingerprint density at radius 1 is 1.21 bits per heavy atom. The lowest BCUT2D eigenvalue weighted by Gasteiger charge is -2.30. The molecule has 126 valence electrons. The molecule has 1 aliphatic heterocycles. The average Bonchev–Trinajstić information content (AvgIpc) is 2.58. The number of rotatable bonds is 4. The highest BCUT2D eigenvalue weighted by molar-refractivity contribution is 9.10. The molecule has 1 amide bonds. The van der Waals surface area contributed by atoms with Gasteiger partial charge in [0.05, 0.1) is 6.42 Å². The number of nitrogens with one attached hydrogen (secondary N) is 1. The lowest BCUT2D eigenvalue weighted by Crippen LogP contribution is -2.33. The summed E-state index contributed by atoms with van der Waals surface area (Å²) in [6.45, 7) is 4.32. The van der Waals surface area contributed by atoms with E-state index in [0.717, 1.165) is 34.9 Å². The minimum Gasteiger partial charge on any atom is -0.355 e. The van der Waals surface area contributed by atoms with Gasteiger partial charge in [-0.05, 0) is 42.5 Å². The zero-order valence-corrected chi connectivity index (χ0v) is 15.3. The summed E-state index contributed by atoms with van der Waals surface area (Å²) in [5, 5.41) is 11.2. The summed E-state index contributed by atoms with van der Waals surface area (Å²) in [6.07, 6.45) is 2.67. The van der Waals surface area contributed by atoms with Crippen LogP contribution >= 0.6 is 15.9 Å². The van der Waals surface area contributed by atoms with Crippen molar-refractivity contribution in [2.45, 2.75) is 26.2 Å². The maximum absolute atomic E-state index is 12.1. The molecule has 0 atom stereocenters. The van der Waals surface area contributed by atoms with Gasteiger partial charge < -0.3 is 10.2 Å². The highest BCUT2D eigenvalue weighted by Crippen LogP contribution is 2.21. The Balaban J connectivity index is 1.58. The van der Waals surface area contributed by atoms with Crippen LogP contribution in [0.5, 0.6) is 0 Å². The van der Waals surface area contributed by atoms with Crippen molar-refractivity contribution in [1.82, 2.24) is 10.2 Å². The van der Waals surface area contributed by atoms with E-state index >= 15 is 0 Å². The molecule has 3 rings (SSSR count). The van der Waals surface area contributed by atoms with Gasteiger partial charge in [-0.1, -0.05) is 41.1 Å². The molecule has 2 aromatic rings. The maximum Gasteiger partial charge on any atom is 0.230 e. The lowest BCUT2D eigenvalue weighted by molar-refractivity contribution is -0.115. The van der Waals surface area contributed by atoms with Gasteiger partial charge >= 0.3 is 0 Å². The standard InChI is InChI=1S/C18H21BrN4O/c1-13-8-10-23(11-9-13)17-7-6-16(21-22-17)20-18(24)12-14-4-2-3-5-15(14)19/h2-7,13H,8-12H2,1H3,(H,20,21,24). The van der Waals surface area contributed by atoms with E-state index in [0.29, 0.717) is 12.2 Å². The summed E-state index contributed by atoms with van der Waals surface area (Å²) >= 11 is 3.45. The van der Waals surface area contributed by atoms with Crippen LogP contribution in [0.1, 0.15) is 25.3 Å². The molecule has 0 spiro atoms. The first-order valence-corrected chi connectivity index (χ1v) is 9.03. The van der Waals surface area contributed by atoms with Crippen LogP contribution in [0.25, 0.3) is 0 Å². The van der Waals surface area contributed by atoms with Crippen LogP contribution in [0.4, 0.5) is 11.6 Å². The summed E-state index contributed by atoms with van der Waals surface area (Å²) < 4.78 is 0.931. The number of aromatic nitrogens is 2. The molecule has 6 heteroatoms. The number of hydrogen-bond acceptors (Lipinski definition) is 4. The van der Waals surface area contributed by atoms with Gasteiger partial charge in [0.25, 0.3) is 0 Å². The van der Waals surface area contributed by atoms with Crippen LogP contribution in [-0.2, 0) is 11.2 Å². The van der Waals surface area contributed by atoms with Gasteiger partial charge in [-0.3, -0.25) is 4.79 Å². The summed E-state index contributed by atoms with van der Waals surface area (Å²) in [5.41, 5.74) is 0.946. The predicted molar refractivity (Wildman–Crippen MR) is 99.1 cm³/mol. The van der Waals surface area contributed by atoms with Gasteiger partial charge in [-0.15, -0.1) is 10.2 Å². The number of carbonyl (C=O) groups excluding carboxylic acids is 1. The summed E-state index contributed by atoms with van der Waals surface area (Å²) in [7, 11) is 0. The predicted octanol–water partition coefficient (Wildman–Crippen LogP) is 3.66. The highest BCUT2D eigenvalue weighted by Gasteiger charge is 2.17. The Morgan fingerprint density at radius 3 is 2.62 bits per heavy atom. The lowest BCUT2D eigenvalue weighted by atomic mass is 9.99. The average molecular weight is 389 g/mol. The third kappa shape index (κ3) is 4.32. The number of amides is 1. The Kier molecular flexibility index (Phi) is 5.45. The number of halogens is 1. The first-order chi connectivity index (χ1) is 11.6. The summed E-state index contributed by atoms with van der Waals surface area (Å²) in [6, 6.07) is 11.4. The quantitative estimate of drug-likeness (QED) is 0.867. The van der Waals surface area contributed by atoms with Gasteiger partial charge in [-0.2, -0.15) is 0 Å². The molecule has 0 radical (unpaired) electrons. The molecule has 0 bridgehead atoms. The molecule has 1 N–H and O–H groups in total. The summed E-state index contributed by atoms with van der Waals surface area (Å²) in [4.78, 5) is 14.4. The number of benzene rings is 1. The molecule has 1 aliphatic rings. The molecule has 5 nitrogen and oxygen atoms in total. The Morgan fingerprint density at radius 2 is 1.96 bits per heavy atom. The zero-order valence-electron chi connectivity index (χ0n) is 13.7. The minimum atomic E-state index is -0.101. The number of hydrogen-bond donors (Lipinski definition) is 1. The van der Waals surface area contributed by atoms with Crippen LogP contribution in [0.15, 0.2) is 40.9 Å². The molecular weight excluding hydrogens is 368 g/mol. The monoisotopic (exact) mass is 388 g/mol. The fourth-order valence-corrected chi connectivity index (χ4v) is 3.22. The molecule has 2 heterocycles. The van der Waals surface area contributed by atoms with Crippen molar-refractivity contribution in [1.29, 1.82) is 0 Å². The second kappa shape index (κ2) is 7.75. The van der Waals surface area contributed by atoms with Crippen LogP contribution in [0.3, 0.4) is 0 Å². The Labute approximate surface area is 150 Å². The molecule has 0 saturated carbocycles. The number of carbonyl (C=O) groups is 1. The van der Waals surface area contributed by atoms with E-state index in [9.17, 15) is 4.79 Å². The smallest absolute Gasteiger partial charge is 0.230 e. The van der Waals surface area contributed by atoms with Crippen molar-refractivity contribution in [3.8, 4) is 0 Å². The molecule has 1 fully saturated rings. The third-order valence-corrected chi connectivity index (χ3v) is 5.11. The first kappa shape index (κ1) is 16.9. The van der Waals surface area contributed by atoms with Gasteiger partial charge in [0.2, 0.25) is 5.91 Å². The van der Waals surface area contributed by atoms with Crippen molar-refractivity contribution >= 4 is 33.5 Å². The fraction of sp³-hybridized carbons (Fsp3) is 0.389. The van der Waals surface area contributed by atoms with E-state index in [1.165, 1.54) is 12.8 Å². The van der Waals surface area contributed by atoms with Crippen LogP contribution in [0.2, 0.25) is 0 Å². The molecule has 0 unspecified atom stereocenters. The first-order valence-electron chi connectivity index (χ1n) is 8.24. The second-order valence-corrected chi connectivity index (χ2v) is 7.12. The maximum atomic E-state index is 12.1. The van der Waals surface area contributed by atoms with Crippen molar-refractivity contribution in [3.63, 3.8) is 0 Å². The number of anilines is 2. The molecule has 0 aliphatic carbocycles. The van der Waals surface area contributed by atoms with Crippen molar-refractivity contribution in [3.05, 3.63) is 46.4 Å². The van der Waals surface area contributed by atoms with Crippen LogP contribution in [-0.4, -0.2) is 29.2 Å². The molecule has 1 aromatic carbocycles. The van der Waals surface area contributed by atoms with Crippen molar-refractivity contribution in [2.75, 3.05) is 23.3 Å². The Bertz CT molecular complexity index is 696. The van der Waals surface area contributed by atoms with E-state index in [-0.39, 0.29) is 5.91 Å². The Hall–Kier alpha value is -1.95. The van der Waals surface area contributed by atoms with E-state index in [1.54, 1.807) is 0 Å². The van der Waals surface area contributed by atoms with Crippen LogP contribution in [0, 0.1) is 5.92 Å². The van der Waals surface area contributed by atoms with E-state index < -0.39 is 0 Å².